The van der Waals surface area contributed by atoms with Crippen LogP contribution in [0.5, 0.6) is 0 Å². The highest BCUT2D eigenvalue weighted by Crippen LogP contribution is 2.20. The first-order valence-electron chi connectivity index (χ1n) is 10.2. The highest BCUT2D eigenvalue weighted by atomic mass is 79.9. The van der Waals surface area contributed by atoms with Crippen molar-refractivity contribution in [3.63, 3.8) is 0 Å². The van der Waals surface area contributed by atoms with E-state index in [1.165, 1.54) is 0 Å². The van der Waals surface area contributed by atoms with Crippen LogP contribution >= 0.6 is 31.9 Å². The van der Waals surface area contributed by atoms with Gasteiger partial charge in [0.2, 0.25) is 0 Å². The number of nitrogens with zero attached hydrogens (tertiary/aromatic N) is 2. The molecule has 2 aromatic rings. The van der Waals surface area contributed by atoms with Gasteiger partial charge in [0.15, 0.2) is 0 Å². The highest BCUT2D eigenvalue weighted by molar-refractivity contribution is 9.10. The van der Waals surface area contributed by atoms with Gasteiger partial charge in [-0.25, -0.2) is 17.9 Å². The number of pyridine rings is 2. The molecule has 0 amide bonds. The second-order valence-corrected chi connectivity index (χ2v) is 15.1. The van der Waals surface area contributed by atoms with Crippen LogP contribution in [-0.4, -0.2) is 27.9 Å². The molecule has 2 unspecified atom stereocenters. The van der Waals surface area contributed by atoms with Crippen LogP contribution in [0.25, 0.3) is 0 Å². The van der Waals surface area contributed by atoms with Crippen LogP contribution in [0.1, 0.15) is 78.6 Å². The van der Waals surface area contributed by atoms with Crippen LogP contribution in [0.2, 0.25) is 0 Å². The van der Waals surface area contributed by atoms with E-state index >= 15 is 0 Å². The molecule has 6 nitrogen and oxygen atoms in total. The molecule has 180 valence electrons. The highest BCUT2D eigenvalue weighted by Gasteiger charge is 2.22. The molecule has 0 aliphatic rings. The van der Waals surface area contributed by atoms with Crippen molar-refractivity contribution in [3.05, 3.63) is 57.0 Å². The largest absolute Gasteiger partial charge is 0.263 e. The quantitative estimate of drug-likeness (QED) is 0.426. The summed E-state index contributed by atoms with van der Waals surface area (Å²) in [6, 6.07) is 3.99. The molecule has 0 aromatic carbocycles. The normalized spacial score (nSPS) is 15.8. The van der Waals surface area contributed by atoms with Crippen molar-refractivity contribution in [1.29, 1.82) is 0 Å². The fraction of sp³-hybridized carbons (Fsp3) is 0.545. The van der Waals surface area contributed by atoms with Gasteiger partial charge in [0.05, 0.1) is 31.5 Å². The van der Waals surface area contributed by atoms with E-state index in [2.05, 4.69) is 51.3 Å². The SMILES string of the molecule is CC(N[S@](=O)C(C)(C)C)c1cncc(Br)c1.CC(N[S@](=O)C(C)(C)C)c1cncc(Br)c1. The molecule has 0 saturated heterocycles. The fourth-order valence-electron chi connectivity index (χ4n) is 2.14. The van der Waals surface area contributed by atoms with Crippen molar-refractivity contribution in [2.24, 2.45) is 0 Å². The first-order chi connectivity index (χ1) is 14.6. The Morgan fingerprint density at radius 3 is 1.28 bits per heavy atom. The van der Waals surface area contributed by atoms with Gasteiger partial charge in [-0.1, -0.05) is 0 Å². The minimum atomic E-state index is -1.07. The summed E-state index contributed by atoms with van der Waals surface area (Å²) in [5.41, 5.74) is 2.04. The number of halogens is 2. The lowest BCUT2D eigenvalue weighted by molar-refractivity contribution is 0.615. The van der Waals surface area contributed by atoms with Gasteiger partial charge in [-0.2, -0.15) is 0 Å². The van der Waals surface area contributed by atoms with Gasteiger partial charge in [0, 0.05) is 45.8 Å². The van der Waals surface area contributed by atoms with Gasteiger partial charge in [-0.15, -0.1) is 0 Å². The van der Waals surface area contributed by atoms with Crippen molar-refractivity contribution >= 4 is 53.8 Å². The lowest BCUT2D eigenvalue weighted by atomic mass is 10.2. The van der Waals surface area contributed by atoms with Crippen LogP contribution in [0.4, 0.5) is 0 Å². The first kappa shape index (κ1) is 29.5. The van der Waals surface area contributed by atoms with Crippen LogP contribution in [0.15, 0.2) is 45.9 Å². The van der Waals surface area contributed by atoms with Gasteiger partial charge in [0.1, 0.15) is 0 Å². The molecule has 0 saturated carbocycles. The third kappa shape index (κ3) is 10.6. The van der Waals surface area contributed by atoms with Crippen molar-refractivity contribution in [2.45, 2.75) is 77.0 Å². The molecule has 0 fully saturated rings. The molecular weight excluding hydrogens is 576 g/mol. The zero-order valence-corrected chi connectivity index (χ0v) is 24.7. The minimum absolute atomic E-state index is 0.0186. The zero-order valence-electron chi connectivity index (χ0n) is 19.9. The maximum atomic E-state index is 11.9. The average molecular weight is 610 g/mol. The molecular formula is C22H34Br2N4O2S2. The van der Waals surface area contributed by atoms with E-state index in [0.29, 0.717) is 0 Å². The van der Waals surface area contributed by atoms with Crippen LogP contribution < -0.4 is 9.44 Å². The molecule has 2 aromatic heterocycles. The van der Waals surface area contributed by atoms with Crippen molar-refractivity contribution < 1.29 is 8.42 Å². The molecule has 2 rings (SSSR count). The molecule has 0 bridgehead atoms. The number of aromatic nitrogens is 2. The molecule has 0 aliphatic heterocycles. The maximum Gasteiger partial charge on any atom is 0.0975 e. The van der Waals surface area contributed by atoms with Gasteiger partial charge in [-0.3, -0.25) is 9.97 Å². The Kier molecular flexibility index (Phi) is 11.8. The van der Waals surface area contributed by atoms with E-state index in [4.69, 9.17) is 0 Å². The summed E-state index contributed by atoms with van der Waals surface area (Å²) in [6.45, 7) is 15.6. The monoisotopic (exact) mass is 608 g/mol. The Morgan fingerprint density at radius 1 is 0.719 bits per heavy atom. The molecule has 0 aliphatic carbocycles. The van der Waals surface area contributed by atoms with E-state index < -0.39 is 22.0 Å². The summed E-state index contributed by atoms with van der Waals surface area (Å²) >= 11 is 6.74. The van der Waals surface area contributed by atoms with Gasteiger partial charge in [-0.05, 0) is 111 Å². The molecule has 32 heavy (non-hydrogen) atoms. The van der Waals surface area contributed by atoms with E-state index in [1.807, 2.05) is 67.5 Å². The minimum Gasteiger partial charge on any atom is -0.263 e. The fourth-order valence-corrected chi connectivity index (χ4v) is 4.53. The maximum absolute atomic E-state index is 11.9. The lowest BCUT2D eigenvalue weighted by Gasteiger charge is -2.22. The third-order valence-corrected chi connectivity index (χ3v) is 8.36. The predicted octanol–water partition coefficient (Wildman–Crippen LogP) is 5.91. The van der Waals surface area contributed by atoms with Gasteiger partial charge in [0.25, 0.3) is 0 Å². The molecule has 0 radical (unpaired) electrons. The molecule has 4 atom stereocenters. The number of hydrogen-bond donors (Lipinski definition) is 2. The van der Waals surface area contributed by atoms with Gasteiger partial charge < -0.3 is 0 Å². The standard InChI is InChI=1S/2C11H17BrN2OS/c2*1-8(14-16(15)11(2,3)4)9-5-10(12)7-13-6-9/h2*5-8,14H,1-4H3/t2*8?,16-/m11/s1. The van der Waals surface area contributed by atoms with Gasteiger partial charge >= 0.3 is 0 Å². The Labute approximate surface area is 214 Å². The summed E-state index contributed by atoms with van der Waals surface area (Å²) in [7, 11) is -2.14. The molecule has 2 heterocycles. The summed E-state index contributed by atoms with van der Waals surface area (Å²) in [5, 5.41) is 0. The summed E-state index contributed by atoms with van der Waals surface area (Å²) in [5.74, 6) is 0. The Morgan fingerprint density at radius 2 is 1.03 bits per heavy atom. The second-order valence-electron chi connectivity index (χ2n) is 9.31. The Balaban J connectivity index is 0.000000320. The summed E-state index contributed by atoms with van der Waals surface area (Å²) in [4.78, 5) is 8.18. The molecule has 0 spiro atoms. The summed E-state index contributed by atoms with van der Waals surface area (Å²) in [6.07, 6.45) is 7.03. The lowest BCUT2D eigenvalue weighted by Crippen LogP contribution is -2.34. The van der Waals surface area contributed by atoms with E-state index in [0.717, 1.165) is 20.1 Å². The van der Waals surface area contributed by atoms with E-state index in [9.17, 15) is 8.42 Å². The van der Waals surface area contributed by atoms with E-state index in [-0.39, 0.29) is 21.6 Å². The molecule has 2 N–H and O–H groups in total. The summed E-state index contributed by atoms with van der Waals surface area (Å²) < 4.78 is 31.3. The number of nitrogens with one attached hydrogen (secondary N) is 2. The van der Waals surface area contributed by atoms with Crippen LogP contribution in [-0.2, 0) is 22.0 Å². The van der Waals surface area contributed by atoms with Crippen molar-refractivity contribution in [2.75, 3.05) is 0 Å². The first-order valence-corrected chi connectivity index (χ1v) is 14.1. The zero-order chi connectivity index (χ0) is 24.7. The van der Waals surface area contributed by atoms with Crippen molar-refractivity contribution in [1.82, 2.24) is 19.4 Å². The number of rotatable bonds is 6. The topological polar surface area (TPSA) is 84.0 Å². The van der Waals surface area contributed by atoms with E-state index in [1.54, 1.807) is 24.8 Å². The second kappa shape index (κ2) is 12.8. The Bertz CT molecular complexity index is 855. The third-order valence-electron chi connectivity index (χ3n) is 4.13. The van der Waals surface area contributed by atoms with Crippen LogP contribution in [0.3, 0.4) is 0 Å². The average Bonchev–Trinajstić information content (AvgIpc) is 2.67. The predicted molar refractivity (Wildman–Crippen MR) is 143 cm³/mol. The van der Waals surface area contributed by atoms with Crippen LogP contribution in [0, 0.1) is 0 Å². The Hall–Kier alpha value is -0.520. The molecule has 10 heteroatoms. The number of hydrogen-bond acceptors (Lipinski definition) is 4. The smallest absolute Gasteiger partial charge is 0.0975 e. The van der Waals surface area contributed by atoms with Crippen molar-refractivity contribution in [3.8, 4) is 0 Å².